The first-order valence-electron chi connectivity index (χ1n) is 26.2. The first-order chi connectivity index (χ1) is 32.9. The maximum atomic E-state index is 14.9. The lowest BCUT2D eigenvalue weighted by Gasteiger charge is -2.35. The van der Waals surface area contributed by atoms with E-state index >= 15 is 0 Å². The number of likely N-dealkylation sites (N-methyl/N-ethyl adjacent to an activating group) is 1. The van der Waals surface area contributed by atoms with Crippen LogP contribution in [0.3, 0.4) is 0 Å². The van der Waals surface area contributed by atoms with Gasteiger partial charge in [0.1, 0.15) is 12.1 Å². The first-order valence-corrected chi connectivity index (χ1v) is 27.1. The highest BCUT2D eigenvalue weighted by atomic mass is 32.1. The van der Waals surface area contributed by atoms with E-state index in [4.69, 9.17) is 19.4 Å². The summed E-state index contributed by atoms with van der Waals surface area (Å²) in [7, 11) is 1.75. The van der Waals surface area contributed by atoms with Crippen LogP contribution in [-0.4, -0.2) is 112 Å². The number of carbonyl (C=O) groups is 2. The molecule has 5 aliphatic rings. The molecule has 0 bridgehead atoms. The van der Waals surface area contributed by atoms with Gasteiger partial charge in [-0.1, -0.05) is 52.7 Å². The number of rotatable bonds is 21. The van der Waals surface area contributed by atoms with Crippen LogP contribution in [0, 0.1) is 23.2 Å². The molecule has 3 saturated heterocycles. The molecule has 2 amide bonds. The Labute approximate surface area is 409 Å². The molecule has 9 rings (SSSR count). The molecular weight excluding hydrogens is 869 g/mol. The topological polar surface area (TPSA) is 120 Å². The zero-order valence-corrected chi connectivity index (χ0v) is 42.8. The van der Waals surface area contributed by atoms with Gasteiger partial charge in [-0.15, -0.1) is 11.3 Å². The number of methoxy groups -OCH3 is 1. The van der Waals surface area contributed by atoms with Crippen LogP contribution in [0.25, 0.3) is 33.4 Å². The Hall–Kier alpha value is -4.14. The van der Waals surface area contributed by atoms with Crippen molar-refractivity contribution in [2.24, 2.45) is 23.2 Å². The van der Waals surface area contributed by atoms with Crippen molar-refractivity contribution in [2.45, 2.75) is 156 Å². The van der Waals surface area contributed by atoms with E-state index in [-0.39, 0.29) is 41.4 Å². The van der Waals surface area contributed by atoms with Crippen molar-refractivity contribution >= 4 is 34.1 Å². The Kier molecular flexibility index (Phi) is 15.1. The van der Waals surface area contributed by atoms with E-state index in [0.29, 0.717) is 25.0 Å². The van der Waals surface area contributed by atoms with Gasteiger partial charge < -0.3 is 24.3 Å². The molecule has 5 fully saturated rings. The van der Waals surface area contributed by atoms with Gasteiger partial charge in [-0.05, 0) is 132 Å². The van der Waals surface area contributed by atoms with Gasteiger partial charge in [-0.25, -0.2) is 10.4 Å². The third-order valence-electron chi connectivity index (χ3n) is 16.2. The fourth-order valence-corrected chi connectivity index (χ4v) is 12.5. The molecule has 2 aliphatic carbocycles. The average Bonchev–Trinajstić information content (AvgIpc) is 4.12. The fourth-order valence-electron chi connectivity index (χ4n) is 11.6. The second kappa shape index (κ2) is 21.1. The number of ether oxygens (including phenoxy) is 2. The summed E-state index contributed by atoms with van der Waals surface area (Å²) in [6.07, 6.45) is 14.5. The molecule has 1 aromatic carbocycles. The van der Waals surface area contributed by atoms with Crippen LogP contribution in [0.2, 0.25) is 0 Å². The summed E-state index contributed by atoms with van der Waals surface area (Å²) in [6.45, 7) is 23.8. The van der Waals surface area contributed by atoms with Crippen molar-refractivity contribution < 1.29 is 19.1 Å². The molecule has 0 radical (unpaired) electrons. The van der Waals surface area contributed by atoms with Gasteiger partial charge in [-0.2, -0.15) is 0 Å². The predicted molar refractivity (Wildman–Crippen MR) is 273 cm³/mol. The molecule has 6 atom stereocenters. The SMILES string of the molecule is C=C(C1OC1C1CC1)N(CC)CC1CCN(C(C(=O)NC(Cc2nc(-c3ccc4c(c3)c(CC(C)(C)CC)c(-c3cccnc3C(C)OC)n4CC)cs2)C(=O)N2CCCCN2)C2CCCC2)C1. The van der Waals surface area contributed by atoms with E-state index in [1.165, 1.54) is 35.0 Å². The summed E-state index contributed by atoms with van der Waals surface area (Å²) in [6, 6.07) is 9.98. The van der Waals surface area contributed by atoms with Gasteiger partial charge in [0.2, 0.25) is 5.91 Å². The number of aryl methyl sites for hydroxylation is 1. The fraction of sp³-hybridized carbons (Fsp3) is 0.636. The Morgan fingerprint density at radius 1 is 1.07 bits per heavy atom. The molecule has 6 unspecified atom stereocenters. The van der Waals surface area contributed by atoms with E-state index < -0.39 is 6.04 Å². The van der Waals surface area contributed by atoms with Crippen LogP contribution < -0.4 is 10.7 Å². The third-order valence-corrected chi connectivity index (χ3v) is 17.1. The minimum Gasteiger partial charge on any atom is -0.375 e. The van der Waals surface area contributed by atoms with Crippen molar-refractivity contribution in [1.29, 1.82) is 0 Å². The first kappa shape index (κ1) is 48.9. The van der Waals surface area contributed by atoms with Crippen LogP contribution in [0.4, 0.5) is 0 Å². The lowest BCUT2D eigenvalue weighted by molar-refractivity contribution is -0.141. The molecule has 3 aromatic heterocycles. The van der Waals surface area contributed by atoms with E-state index in [9.17, 15) is 9.59 Å². The largest absolute Gasteiger partial charge is 0.375 e. The number of amides is 2. The molecule has 2 saturated carbocycles. The number of nitrogens with zero attached hydrogens (tertiary/aromatic N) is 6. The summed E-state index contributed by atoms with van der Waals surface area (Å²) >= 11 is 1.57. The van der Waals surface area contributed by atoms with Gasteiger partial charge in [0.15, 0.2) is 0 Å². The molecule has 4 aromatic rings. The number of carbonyl (C=O) groups excluding carboxylic acids is 2. The smallest absolute Gasteiger partial charge is 0.259 e. The number of fused-ring (bicyclic) bond motifs is 1. The summed E-state index contributed by atoms with van der Waals surface area (Å²) in [5.74, 6) is 1.35. The Morgan fingerprint density at radius 2 is 1.88 bits per heavy atom. The normalized spacial score (nSPS) is 22.7. The minimum absolute atomic E-state index is 0.0130. The average molecular weight is 947 g/mol. The summed E-state index contributed by atoms with van der Waals surface area (Å²) in [5, 5.41) is 9.32. The lowest BCUT2D eigenvalue weighted by atomic mass is 9.81. The molecular formula is C55H78N8O4S. The quantitative estimate of drug-likeness (QED) is 0.0788. The van der Waals surface area contributed by atoms with Gasteiger partial charge in [0.05, 0.1) is 40.3 Å². The van der Waals surface area contributed by atoms with Crippen molar-refractivity contribution in [3.63, 3.8) is 0 Å². The van der Waals surface area contributed by atoms with E-state index in [0.717, 1.165) is 136 Å². The standard InChI is InChI=1S/C55H78N8O4S/c1-9-55(6,7)31-43-42-29-40(22-23-46(42)62(11-3)50(43)41-19-16-25-56-48(41)36(5)66-8)45-34-68-47(58-45)30-44(54(65)63-27-15-14-26-57-63)59-53(64)49(38-17-12-13-18-38)61-28-24-37(33-61)32-60(10-2)35(4)51-52(67-51)39-20-21-39/h16,19,22-23,25,29,34,36-39,44,49,51-52,57H,4,9-15,17-18,20-21,24,26-28,30-33H2,1-3,5-8H3,(H,59,64). The molecule has 3 aliphatic heterocycles. The van der Waals surface area contributed by atoms with E-state index in [1.54, 1.807) is 23.5 Å². The minimum atomic E-state index is -0.735. The molecule has 0 spiro atoms. The van der Waals surface area contributed by atoms with Crippen molar-refractivity contribution in [2.75, 3.05) is 46.4 Å². The van der Waals surface area contributed by atoms with Gasteiger partial charge in [0.25, 0.3) is 5.91 Å². The monoisotopic (exact) mass is 947 g/mol. The maximum absolute atomic E-state index is 14.9. The van der Waals surface area contributed by atoms with E-state index in [2.05, 4.69) is 103 Å². The van der Waals surface area contributed by atoms with Crippen LogP contribution in [0.15, 0.2) is 54.2 Å². The molecule has 6 heterocycles. The summed E-state index contributed by atoms with van der Waals surface area (Å²) in [4.78, 5) is 44.4. The molecule has 13 heteroatoms. The number of aromatic nitrogens is 3. The number of hydrogen-bond donors (Lipinski definition) is 2. The maximum Gasteiger partial charge on any atom is 0.259 e. The number of hydrazine groups is 1. The van der Waals surface area contributed by atoms with Crippen LogP contribution in [0.5, 0.6) is 0 Å². The predicted octanol–water partition coefficient (Wildman–Crippen LogP) is 9.58. The number of thiazole rings is 1. The van der Waals surface area contributed by atoms with E-state index in [1.807, 2.05) is 12.3 Å². The highest BCUT2D eigenvalue weighted by Gasteiger charge is 2.52. The number of hydrogen-bond acceptors (Lipinski definition) is 10. The van der Waals surface area contributed by atoms with Crippen molar-refractivity contribution in [1.82, 2.24) is 40.1 Å². The van der Waals surface area contributed by atoms with Gasteiger partial charge in [-0.3, -0.25) is 24.5 Å². The van der Waals surface area contributed by atoms with Gasteiger partial charge >= 0.3 is 0 Å². The van der Waals surface area contributed by atoms with Crippen LogP contribution in [-0.2, 0) is 38.4 Å². The molecule has 368 valence electrons. The summed E-state index contributed by atoms with van der Waals surface area (Å²) in [5.41, 5.74) is 12.2. The number of epoxide rings is 1. The Bertz CT molecular complexity index is 2410. The Balaban J connectivity index is 0.972. The summed E-state index contributed by atoms with van der Waals surface area (Å²) < 4.78 is 14.4. The highest BCUT2D eigenvalue weighted by molar-refractivity contribution is 7.10. The van der Waals surface area contributed by atoms with Gasteiger partial charge in [0, 0.05) is 92.1 Å². The van der Waals surface area contributed by atoms with Crippen molar-refractivity contribution in [3.8, 4) is 22.5 Å². The highest BCUT2D eigenvalue weighted by Crippen LogP contribution is 2.47. The van der Waals surface area contributed by atoms with Crippen LogP contribution in [0.1, 0.15) is 128 Å². The number of benzene rings is 1. The molecule has 2 N–H and O–H groups in total. The molecule has 68 heavy (non-hydrogen) atoms. The van der Waals surface area contributed by atoms with Crippen LogP contribution >= 0.6 is 11.3 Å². The second-order valence-electron chi connectivity index (χ2n) is 21.3. The Morgan fingerprint density at radius 3 is 2.59 bits per heavy atom. The zero-order chi connectivity index (χ0) is 47.7. The number of likely N-dealkylation sites (tertiary alicyclic amines) is 1. The zero-order valence-electron chi connectivity index (χ0n) is 42.0. The molecule has 12 nitrogen and oxygen atoms in total. The number of pyridine rings is 1. The van der Waals surface area contributed by atoms with Crippen molar-refractivity contribution in [3.05, 3.63) is 70.4 Å². The third kappa shape index (κ3) is 10.5. The second-order valence-corrected chi connectivity index (χ2v) is 22.3. The lowest BCUT2D eigenvalue weighted by Crippen LogP contribution is -2.59. The number of nitrogens with one attached hydrogen (secondary N) is 2.